The Morgan fingerprint density at radius 2 is 1.90 bits per heavy atom. The van der Waals surface area contributed by atoms with Gasteiger partial charge in [-0.05, 0) is 29.8 Å². The molecule has 0 radical (unpaired) electrons. The van der Waals surface area contributed by atoms with Gasteiger partial charge in [-0.15, -0.1) is 0 Å². The summed E-state index contributed by atoms with van der Waals surface area (Å²) in [7, 11) is 0. The van der Waals surface area contributed by atoms with Gasteiger partial charge in [0.2, 0.25) is 5.91 Å². The van der Waals surface area contributed by atoms with Crippen LogP contribution in [-0.4, -0.2) is 17.4 Å². The maximum atomic E-state index is 11.7. The van der Waals surface area contributed by atoms with E-state index in [2.05, 4.69) is 15.6 Å². The molecule has 104 valence electrons. The van der Waals surface area contributed by atoms with Crippen molar-refractivity contribution in [1.29, 1.82) is 0 Å². The first-order valence-corrected chi connectivity index (χ1v) is 6.73. The standard InChI is InChI=1S/C15H16ClN3O/c16-13-6-4-12(5-7-13)9-19-15(20)11-17-10-14-3-1-2-8-18-14/h1-8,17H,9-11H2,(H,19,20). The lowest BCUT2D eigenvalue weighted by Gasteiger charge is -2.06. The summed E-state index contributed by atoms with van der Waals surface area (Å²) in [5.74, 6) is -0.0455. The van der Waals surface area contributed by atoms with Crippen LogP contribution in [0.5, 0.6) is 0 Å². The first-order valence-electron chi connectivity index (χ1n) is 6.36. The molecule has 2 aromatic rings. The highest BCUT2D eigenvalue weighted by atomic mass is 35.5. The van der Waals surface area contributed by atoms with E-state index in [-0.39, 0.29) is 12.5 Å². The number of nitrogens with zero attached hydrogens (tertiary/aromatic N) is 1. The minimum Gasteiger partial charge on any atom is -0.351 e. The van der Waals surface area contributed by atoms with Gasteiger partial charge in [-0.25, -0.2) is 0 Å². The molecule has 0 saturated carbocycles. The number of carbonyl (C=O) groups excluding carboxylic acids is 1. The van der Waals surface area contributed by atoms with Crippen molar-refractivity contribution in [1.82, 2.24) is 15.6 Å². The molecule has 0 aliphatic carbocycles. The lowest BCUT2D eigenvalue weighted by molar-refractivity contribution is -0.120. The molecule has 1 amide bonds. The van der Waals surface area contributed by atoms with Crippen LogP contribution in [0.1, 0.15) is 11.3 Å². The van der Waals surface area contributed by atoms with Crippen molar-refractivity contribution >= 4 is 17.5 Å². The molecule has 0 bridgehead atoms. The first kappa shape index (κ1) is 14.5. The molecule has 0 unspecified atom stereocenters. The topological polar surface area (TPSA) is 54.0 Å². The second-order valence-electron chi connectivity index (χ2n) is 4.33. The minimum absolute atomic E-state index is 0.0455. The average Bonchev–Trinajstić information content (AvgIpc) is 2.48. The van der Waals surface area contributed by atoms with Gasteiger partial charge in [-0.3, -0.25) is 9.78 Å². The summed E-state index contributed by atoms with van der Waals surface area (Å²) in [6.07, 6.45) is 1.73. The molecule has 0 aliphatic rings. The van der Waals surface area contributed by atoms with Crippen molar-refractivity contribution in [2.45, 2.75) is 13.1 Å². The molecular weight excluding hydrogens is 274 g/mol. The third-order valence-electron chi connectivity index (χ3n) is 2.72. The van der Waals surface area contributed by atoms with Crippen molar-refractivity contribution in [3.8, 4) is 0 Å². The second-order valence-corrected chi connectivity index (χ2v) is 4.76. The Morgan fingerprint density at radius 3 is 2.60 bits per heavy atom. The summed E-state index contributed by atoms with van der Waals surface area (Å²) in [6, 6.07) is 13.1. The summed E-state index contributed by atoms with van der Waals surface area (Å²) in [4.78, 5) is 15.8. The van der Waals surface area contributed by atoms with E-state index in [0.29, 0.717) is 18.1 Å². The Bertz CT molecular complexity index is 543. The molecule has 2 rings (SSSR count). The minimum atomic E-state index is -0.0455. The van der Waals surface area contributed by atoms with Crippen LogP contribution in [0, 0.1) is 0 Å². The van der Waals surface area contributed by atoms with Gasteiger partial charge in [-0.2, -0.15) is 0 Å². The number of nitrogens with one attached hydrogen (secondary N) is 2. The predicted octanol–water partition coefficient (Wildman–Crippen LogP) is 2.14. The van der Waals surface area contributed by atoms with Gasteiger partial charge in [0.25, 0.3) is 0 Å². The highest BCUT2D eigenvalue weighted by Gasteiger charge is 2.01. The molecular formula is C15H16ClN3O. The maximum Gasteiger partial charge on any atom is 0.234 e. The molecule has 0 spiro atoms. The summed E-state index contributed by atoms with van der Waals surface area (Å²) in [5, 5.41) is 6.58. The molecule has 2 N–H and O–H groups in total. The van der Waals surface area contributed by atoms with Crippen LogP contribution in [0.2, 0.25) is 5.02 Å². The van der Waals surface area contributed by atoms with Crippen molar-refractivity contribution < 1.29 is 4.79 Å². The molecule has 0 saturated heterocycles. The van der Waals surface area contributed by atoms with E-state index in [1.54, 1.807) is 6.20 Å². The number of benzene rings is 1. The number of amides is 1. The van der Waals surface area contributed by atoms with E-state index < -0.39 is 0 Å². The quantitative estimate of drug-likeness (QED) is 0.857. The molecule has 5 heteroatoms. The van der Waals surface area contributed by atoms with Crippen molar-refractivity contribution in [2.24, 2.45) is 0 Å². The maximum absolute atomic E-state index is 11.7. The van der Waals surface area contributed by atoms with E-state index >= 15 is 0 Å². The van der Waals surface area contributed by atoms with E-state index in [4.69, 9.17) is 11.6 Å². The zero-order valence-electron chi connectivity index (χ0n) is 11.0. The summed E-state index contributed by atoms with van der Waals surface area (Å²) >= 11 is 5.80. The molecule has 1 heterocycles. The fraction of sp³-hybridized carbons (Fsp3) is 0.200. The number of hydrogen-bond donors (Lipinski definition) is 2. The monoisotopic (exact) mass is 289 g/mol. The summed E-state index contributed by atoms with van der Waals surface area (Å²) in [6.45, 7) is 1.35. The number of rotatable bonds is 6. The van der Waals surface area contributed by atoms with Crippen LogP contribution >= 0.6 is 11.6 Å². The molecule has 0 atom stereocenters. The fourth-order valence-corrected chi connectivity index (χ4v) is 1.80. The third-order valence-corrected chi connectivity index (χ3v) is 2.97. The van der Waals surface area contributed by atoms with Gasteiger partial charge in [0.1, 0.15) is 0 Å². The Hall–Kier alpha value is -1.91. The van der Waals surface area contributed by atoms with Crippen LogP contribution in [0.3, 0.4) is 0 Å². The summed E-state index contributed by atoms with van der Waals surface area (Å²) < 4.78 is 0. The van der Waals surface area contributed by atoms with Crippen LogP contribution < -0.4 is 10.6 Å². The summed E-state index contributed by atoms with van der Waals surface area (Å²) in [5.41, 5.74) is 1.94. The number of pyridine rings is 1. The van der Waals surface area contributed by atoms with Gasteiger partial charge in [0.15, 0.2) is 0 Å². The smallest absolute Gasteiger partial charge is 0.234 e. The zero-order chi connectivity index (χ0) is 14.2. The van der Waals surface area contributed by atoms with Crippen molar-refractivity contribution in [3.05, 3.63) is 64.9 Å². The second kappa shape index (κ2) is 7.62. The number of hydrogen-bond acceptors (Lipinski definition) is 3. The SMILES string of the molecule is O=C(CNCc1ccccn1)NCc1ccc(Cl)cc1. The third kappa shape index (κ3) is 4.99. The highest BCUT2D eigenvalue weighted by Crippen LogP contribution is 2.08. The molecule has 20 heavy (non-hydrogen) atoms. The lowest BCUT2D eigenvalue weighted by Crippen LogP contribution is -2.33. The predicted molar refractivity (Wildman–Crippen MR) is 79.2 cm³/mol. The fourth-order valence-electron chi connectivity index (χ4n) is 1.67. The van der Waals surface area contributed by atoms with Crippen LogP contribution in [0.25, 0.3) is 0 Å². The van der Waals surface area contributed by atoms with Crippen molar-refractivity contribution in [2.75, 3.05) is 6.54 Å². The molecule has 0 fully saturated rings. The van der Waals surface area contributed by atoms with Gasteiger partial charge >= 0.3 is 0 Å². The molecule has 1 aromatic heterocycles. The van der Waals surface area contributed by atoms with E-state index in [1.165, 1.54) is 0 Å². The largest absolute Gasteiger partial charge is 0.351 e. The van der Waals surface area contributed by atoms with Crippen LogP contribution in [-0.2, 0) is 17.9 Å². The average molecular weight is 290 g/mol. The number of halogens is 1. The van der Waals surface area contributed by atoms with E-state index in [9.17, 15) is 4.79 Å². The molecule has 1 aromatic carbocycles. The van der Waals surface area contributed by atoms with Crippen LogP contribution in [0.4, 0.5) is 0 Å². The Morgan fingerprint density at radius 1 is 1.10 bits per heavy atom. The number of aromatic nitrogens is 1. The molecule has 0 aliphatic heterocycles. The van der Waals surface area contributed by atoms with Crippen LogP contribution in [0.15, 0.2) is 48.7 Å². The lowest BCUT2D eigenvalue weighted by atomic mass is 10.2. The van der Waals surface area contributed by atoms with E-state index in [0.717, 1.165) is 11.3 Å². The van der Waals surface area contributed by atoms with E-state index in [1.807, 2.05) is 42.5 Å². The van der Waals surface area contributed by atoms with Gasteiger partial charge < -0.3 is 10.6 Å². The molecule has 4 nitrogen and oxygen atoms in total. The first-order chi connectivity index (χ1) is 9.74. The van der Waals surface area contributed by atoms with Gasteiger partial charge in [0, 0.05) is 24.3 Å². The number of carbonyl (C=O) groups is 1. The zero-order valence-corrected chi connectivity index (χ0v) is 11.7. The highest BCUT2D eigenvalue weighted by molar-refractivity contribution is 6.30. The Kier molecular flexibility index (Phi) is 5.53. The van der Waals surface area contributed by atoms with Gasteiger partial charge in [-0.1, -0.05) is 29.8 Å². The van der Waals surface area contributed by atoms with Gasteiger partial charge in [0.05, 0.1) is 12.2 Å². The van der Waals surface area contributed by atoms with Crippen molar-refractivity contribution in [3.63, 3.8) is 0 Å². The normalized spacial score (nSPS) is 10.2. The Labute approximate surface area is 123 Å². The Balaban J connectivity index is 1.67.